The number of benzene rings is 2. The van der Waals surface area contributed by atoms with Gasteiger partial charge >= 0.3 is 0 Å². The van der Waals surface area contributed by atoms with E-state index in [1.165, 1.54) is 13.3 Å². The Balaban J connectivity index is 1.88. The molecule has 0 saturated heterocycles. The fraction of sp³-hybridized carbons (Fsp3) is 0.176. The minimum Gasteiger partial charge on any atom is -0.504 e. The topological polar surface area (TPSA) is 80.2 Å². The van der Waals surface area contributed by atoms with Gasteiger partial charge in [0.05, 0.1) is 13.3 Å². The predicted octanol–water partition coefficient (Wildman–Crippen LogP) is 3.00. The van der Waals surface area contributed by atoms with Crippen LogP contribution in [0.2, 0.25) is 0 Å². The number of hydrogen-bond donors (Lipinski definition) is 2. The fourth-order valence-corrected chi connectivity index (χ4v) is 2.12. The van der Waals surface area contributed by atoms with Gasteiger partial charge in [-0.05, 0) is 42.8 Å². The number of phenols is 1. The lowest BCUT2D eigenvalue weighted by Gasteiger charge is -2.07. The highest BCUT2D eigenvalue weighted by Crippen LogP contribution is 2.27. The zero-order valence-corrected chi connectivity index (χ0v) is 14.8. The smallest absolute Gasteiger partial charge is 0.277 e. The van der Waals surface area contributed by atoms with E-state index >= 15 is 0 Å². The van der Waals surface area contributed by atoms with Gasteiger partial charge in [-0.15, -0.1) is 0 Å². The molecule has 2 aromatic rings. The van der Waals surface area contributed by atoms with Crippen LogP contribution in [0.25, 0.3) is 0 Å². The Hall–Kier alpha value is -2.54. The molecule has 0 aliphatic heterocycles. The monoisotopic (exact) mass is 392 g/mol. The van der Waals surface area contributed by atoms with Gasteiger partial charge in [-0.25, -0.2) is 5.43 Å². The number of aromatic hydroxyl groups is 1. The van der Waals surface area contributed by atoms with E-state index in [0.29, 0.717) is 17.1 Å². The molecule has 0 bridgehead atoms. The third-order valence-electron chi connectivity index (χ3n) is 3.14. The first-order chi connectivity index (χ1) is 11.5. The lowest BCUT2D eigenvalue weighted by Crippen LogP contribution is -2.24. The van der Waals surface area contributed by atoms with Crippen LogP contribution in [0.4, 0.5) is 0 Å². The molecule has 0 spiro atoms. The molecule has 24 heavy (non-hydrogen) atoms. The van der Waals surface area contributed by atoms with E-state index in [2.05, 4.69) is 26.5 Å². The van der Waals surface area contributed by atoms with E-state index in [0.717, 1.165) is 10.0 Å². The van der Waals surface area contributed by atoms with E-state index < -0.39 is 5.91 Å². The predicted molar refractivity (Wildman–Crippen MR) is 94.8 cm³/mol. The molecule has 0 radical (unpaired) electrons. The quantitative estimate of drug-likeness (QED) is 0.584. The zero-order chi connectivity index (χ0) is 17.5. The van der Waals surface area contributed by atoms with Crippen molar-refractivity contribution in [3.05, 3.63) is 52.0 Å². The summed E-state index contributed by atoms with van der Waals surface area (Å²) < 4.78 is 11.4. The molecule has 2 rings (SSSR count). The summed E-state index contributed by atoms with van der Waals surface area (Å²) in [5, 5.41) is 13.7. The van der Waals surface area contributed by atoms with Crippen LogP contribution in [-0.4, -0.2) is 30.9 Å². The van der Waals surface area contributed by atoms with Crippen LogP contribution in [0, 0.1) is 6.92 Å². The highest BCUT2D eigenvalue weighted by Gasteiger charge is 2.06. The van der Waals surface area contributed by atoms with Gasteiger partial charge in [0.2, 0.25) is 0 Å². The maximum Gasteiger partial charge on any atom is 0.277 e. The number of phenolic OH excluding ortho intramolecular Hbond substituents is 1. The Morgan fingerprint density at radius 3 is 2.88 bits per heavy atom. The number of carbonyl (C=O) groups is 1. The number of para-hydroxylation sites is 1. The number of nitrogens with one attached hydrogen (secondary N) is 1. The van der Waals surface area contributed by atoms with Crippen molar-refractivity contribution in [2.45, 2.75) is 6.92 Å². The van der Waals surface area contributed by atoms with Gasteiger partial charge in [0.1, 0.15) is 5.75 Å². The first kappa shape index (κ1) is 17.8. The zero-order valence-electron chi connectivity index (χ0n) is 13.2. The molecule has 7 heteroatoms. The molecule has 1 amide bonds. The summed E-state index contributed by atoms with van der Waals surface area (Å²) in [7, 11) is 1.46. The number of rotatable bonds is 6. The van der Waals surface area contributed by atoms with E-state index in [4.69, 9.17) is 9.47 Å². The van der Waals surface area contributed by atoms with Crippen molar-refractivity contribution in [1.29, 1.82) is 0 Å². The Bertz CT molecular complexity index is 762. The standard InChI is InChI=1S/C17H17BrN2O4/c1-11-8-13(6-7-14(11)18)24-10-16(21)20-19-9-12-4-3-5-15(23-2)17(12)22/h3-9,22H,10H2,1-2H3,(H,20,21)/b19-9+. The highest BCUT2D eigenvalue weighted by atomic mass is 79.9. The number of nitrogens with zero attached hydrogens (tertiary/aromatic N) is 1. The largest absolute Gasteiger partial charge is 0.504 e. The summed E-state index contributed by atoms with van der Waals surface area (Å²) in [6.07, 6.45) is 1.33. The summed E-state index contributed by atoms with van der Waals surface area (Å²) >= 11 is 3.40. The normalized spacial score (nSPS) is 10.6. The Kier molecular flexibility index (Phi) is 6.20. The Labute approximate surface area is 148 Å². The lowest BCUT2D eigenvalue weighted by molar-refractivity contribution is -0.123. The van der Waals surface area contributed by atoms with Crippen molar-refractivity contribution in [1.82, 2.24) is 5.43 Å². The first-order valence-electron chi connectivity index (χ1n) is 7.08. The van der Waals surface area contributed by atoms with Crippen molar-refractivity contribution < 1.29 is 19.4 Å². The van der Waals surface area contributed by atoms with E-state index in [9.17, 15) is 9.90 Å². The van der Waals surface area contributed by atoms with E-state index in [1.807, 2.05) is 19.1 Å². The van der Waals surface area contributed by atoms with Gasteiger partial charge in [-0.3, -0.25) is 4.79 Å². The average molecular weight is 393 g/mol. The maximum absolute atomic E-state index is 11.7. The maximum atomic E-state index is 11.7. The average Bonchev–Trinajstić information content (AvgIpc) is 2.57. The van der Waals surface area contributed by atoms with Crippen molar-refractivity contribution >= 4 is 28.1 Å². The molecule has 0 unspecified atom stereocenters. The van der Waals surface area contributed by atoms with Crippen LogP contribution in [0.3, 0.4) is 0 Å². The number of aryl methyl sites for hydroxylation is 1. The summed E-state index contributed by atoms with van der Waals surface area (Å²) in [6.45, 7) is 1.77. The Morgan fingerprint density at radius 1 is 1.38 bits per heavy atom. The molecule has 0 aliphatic rings. The fourth-order valence-electron chi connectivity index (χ4n) is 1.87. The van der Waals surface area contributed by atoms with Crippen LogP contribution >= 0.6 is 15.9 Å². The van der Waals surface area contributed by atoms with Gasteiger partial charge in [-0.2, -0.15) is 5.10 Å². The van der Waals surface area contributed by atoms with Crippen LogP contribution in [0.15, 0.2) is 46.0 Å². The first-order valence-corrected chi connectivity index (χ1v) is 7.87. The number of hydrazone groups is 1. The molecule has 6 nitrogen and oxygen atoms in total. The molecule has 2 N–H and O–H groups in total. The number of methoxy groups -OCH3 is 1. The van der Waals surface area contributed by atoms with Crippen LogP contribution in [-0.2, 0) is 4.79 Å². The number of halogens is 1. The van der Waals surface area contributed by atoms with Crippen LogP contribution < -0.4 is 14.9 Å². The molecule has 0 aliphatic carbocycles. The van der Waals surface area contributed by atoms with Gasteiger partial charge in [0.15, 0.2) is 18.1 Å². The summed E-state index contributed by atoms with van der Waals surface area (Å²) in [4.78, 5) is 11.7. The third-order valence-corrected chi connectivity index (χ3v) is 4.03. The Morgan fingerprint density at radius 2 is 2.17 bits per heavy atom. The molecular weight excluding hydrogens is 376 g/mol. The lowest BCUT2D eigenvalue weighted by atomic mass is 10.2. The third kappa shape index (κ3) is 4.73. The molecule has 2 aromatic carbocycles. The van der Waals surface area contributed by atoms with E-state index in [1.54, 1.807) is 24.3 Å². The SMILES string of the molecule is COc1cccc(/C=N/NC(=O)COc2ccc(Br)c(C)c2)c1O. The van der Waals surface area contributed by atoms with Gasteiger partial charge in [0, 0.05) is 10.0 Å². The number of carbonyl (C=O) groups excluding carboxylic acids is 1. The van der Waals surface area contributed by atoms with Crippen molar-refractivity contribution in [2.24, 2.45) is 5.10 Å². The summed E-state index contributed by atoms with van der Waals surface area (Å²) in [5.74, 6) is 0.480. The molecule has 0 atom stereocenters. The van der Waals surface area contributed by atoms with Gasteiger partial charge in [-0.1, -0.05) is 22.0 Å². The van der Waals surface area contributed by atoms with Crippen LogP contribution in [0.5, 0.6) is 17.2 Å². The van der Waals surface area contributed by atoms with Gasteiger partial charge in [0.25, 0.3) is 5.91 Å². The van der Waals surface area contributed by atoms with Crippen molar-refractivity contribution in [2.75, 3.05) is 13.7 Å². The van der Waals surface area contributed by atoms with E-state index in [-0.39, 0.29) is 12.4 Å². The van der Waals surface area contributed by atoms with Gasteiger partial charge < -0.3 is 14.6 Å². The van der Waals surface area contributed by atoms with Crippen molar-refractivity contribution in [3.63, 3.8) is 0 Å². The summed E-state index contributed by atoms with van der Waals surface area (Å²) in [6, 6.07) is 10.4. The minimum atomic E-state index is -0.408. The minimum absolute atomic E-state index is 0.0420. The number of ether oxygens (including phenoxy) is 2. The van der Waals surface area contributed by atoms with Crippen LogP contribution in [0.1, 0.15) is 11.1 Å². The second-order valence-electron chi connectivity index (χ2n) is 4.89. The van der Waals surface area contributed by atoms with Crippen molar-refractivity contribution in [3.8, 4) is 17.2 Å². The number of hydrogen-bond acceptors (Lipinski definition) is 5. The molecular formula is C17H17BrN2O4. The second-order valence-corrected chi connectivity index (χ2v) is 5.75. The molecule has 0 aromatic heterocycles. The second kappa shape index (κ2) is 8.35. The molecule has 0 heterocycles. The molecule has 0 fully saturated rings. The number of amides is 1. The highest BCUT2D eigenvalue weighted by molar-refractivity contribution is 9.10. The summed E-state index contributed by atoms with van der Waals surface area (Å²) in [5.41, 5.74) is 3.78. The molecule has 0 saturated carbocycles. The molecule has 126 valence electrons.